The fourth-order valence-electron chi connectivity index (χ4n) is 10.4. The molecular formula is C67H88N8O17. The summed E-state index contributed by atoms with van der Waals surface area (Å²) in [7, 11) is 2.91. The summed E-state index contributed by atoms with van der Waals surface area (Å²) in [6, 6.07) is 9.66. The predicted octanol–water partition coefficient (Wildman–Crippen LogP) is 7.29. The zero-order chi connectivity index (χ0) is 66.3. The SMILES string of the molecule is C/C=C/C1=CN2C(=O)c3cc(OC)c(OCCCOc4cc5c(cc4OC)C(=O)N4C=C(/C=C/C)C[C@H]4[C@H](O)N5C(=O)OCc4ccc(NC(=O)[C@H](C)NC(=O)[C@@H](NC(=O)CCOCCOCCOCCOCCNC(=O)CC(C)C)C(C)C)cc4)cc3N=C[C@@H]2C1. The van der Waals surface area contributed by atoms with Gasteiger partial charge in [0, 0.05) is 62.2 Å². The summed E-state index contributed by atoms with van der Waals surface area (Å²) in [6.45, 7) is 15.8. The number of rotatable bonds is 35. The van der Waals surface area contributed by atoms with Crippen molar-refractivity contribution in [3.8, 4) is 23.0 Å². The van der Waals surface area contributed by atoms with E-state index in [0.717, 1.165) is 16.0 Å². The molecule has 0 unspecified atom stereocenters. The smallest absolute Gasteiger partial charge is 0.416 e. The van der Waals surface area contributed by atoms with Gasteiger partial charge >= 0.3 is 6.09 Å². The monoisotopic (exact) mass is 1280 g/mol. The molecule has 0 aromatic heterocycles. The third-order valence-electron chi connectivity index (χ3n) is 15.1. The summed E-state index contributed by atoms with van der Waals surface area (Å²) >= 11 is 0. The number of carbonyl (C=O) groups excluding carboxylic acids is 7. The van der Waals surface area contributed by atoms with Crippen molar-refractivity contribution in [2.75, 3.05) is 97.0 Å². The van der Waals surface area contributed by atoms with Gasteiger partial charge in [0.15, 0.2) is 29.2 Å². The summed E-state index contributed by atoms with van der Waals surface area (Å²) in [5, 5.41) is 23.1. The molecule has 0 spiro atoms. The topological polar surface area (TPSA) is 293 Å². The van der Waals surface area contributed by atoms with Gasteiger partial charge in [0.25, 0.3) is 11.8 Å². The number of methoxy groups -OCH3 is 2. The van der Waals surface area contributed by atoms with Gasteiger partial charge in [-0.15, -0.1) is 0 Å². The first-order chi connectivity index (χ1) is 44.3. The van der Waals surface area contributed by atoms with Crippen LogP contribution in [0, 0.1) is 11.8 Å². The summed E-state index contributed by atoms with van der Waals surface area (Å²) < 4.78 is 51.6. The lowest BCUT2D eigenvalue weighted by Crippen LogP contribution is -2.53. The standard InChI is InChI=1S/C67H88N8O17/c1-10-13-46-32-49-38-69-52-36-57(55(84-8)34-50(52)64(80)73(49)39-46)90-21-12-22-91-58-37-53-51(35-56(58)85-9)65(81)74-40-47(14-11-2)33-54(74)66(82)75(53)67(83)92-41-45-15-17-48(18-16-45)71-62(78)44(7)70-63(79)61(43(5)6)72-59(76)19-23-86-25-27-88-29-30-89-28-26-87-24-20-68-60(77)31-42(3)4/h10-11,13-18,34-40,42-44,49,54,61,66,82H,12,19-33,41H2,1-9H3,(H,68,77)(H,70,79)(H,71,78)(H,72,76)/b13-10+,14-11+/t44-,49-,54-,61-,66-/m0/s1. The number of nitrogens with one attached hydrogen (secondary N) is 4. The Morgan fingerprint density at radius 2 is 1.26 bits per heavy atom. The van der Waals surface area contributed by atoms with Crippen LogP contribution in [-0.4, -0.2) is 180 Å². The number of carbonyl (C=O) groups is 7. The molecule has 7 rings (SSSR count). The van der Waals surface area contributed by atoms with Crippen molar-refractivity contribution in [2.45, 2.75) is 118 Å². The van der Waals surface area contributed by atoms with E-state index in [1.807, 2.05) is 58.2 Å². The van der Waals surface area contributed by atoms with Crippen LogP contribution in [-0.2, 0) is 49.5 Å². The van der Waals surface area contributed by atoms with Crippen LogP contribution in [0.3, 0.4) is 0 Å². The van der Waals surface area contributed by atoms with Gasteiger partial charge in [0.2, 0.25) is 23.6 Å². The molecule has 3 aromatic carbocycles. The molecule has 5 N–H and O–H groups in total. The largest absolute Gasteiger partial charge is 0.493 e. The average Bonchev–Trinajstić information content (AvgIpc) is 1.58. The molecule has 0 radical (unpaired) electrons. The second-order valence-electron chi connectivity index (χ2n) is 22.9. The highest BCUT2D eigenvalue weighted by molar-refractivity contribution is 6.07. The maximum Gasteiger partial charge on any atom is 0.416 e. The van der Waals surface area contributed by atoms with E-state index in [-0.39, 0.29) is 92.4 Å². The molecule has 92 heavy (non-hydrogen) atoms. The number of anilines is 2. The summed E-state index contributed by atoms with van der Waals surface area (Å²) in [4.78, 5) is 102. The molecule has 0 saturated heterocycles. The number of aliphatic hydroxyl groups is 1. The minimum absolute atomic E-state index is 0.00299. The second-order valence-corrected chi connectivity index (χ2v) is 22.9. The van der Waals surface area contributed by atoms with Crippen molar-refractivity contribution < 1.29 is 81.3 Å². The van der Waals surface area contributed by atoms with Gasteiger partial charge in [-0.25, -0.2) is 9.69 Å². The molecule has 4 aliphatic heterocycles. The quantitative estimate of drug-likeness (QED) is 0.0361. The highest BCUT2D eigenvalue weighted by Crippen LogP contribution is 2.43. The van der Waals surface area contributed by atoms with Crippen LogP contribution in [0.4, 0.5) is 21.9 Å². The van der Waals surface area contributed by atoms with E-state index >= 15 is 0 Å². The Balaban J connectivity index is 0.872. The summed E-state index contributed by atoms with van der Waals surface area (Å²) in [5.41, 5.74) is 3.59. The highest BCUT2D eigenvalue weighted by Gasteiger charge is 2.45. The molecule has 7 amide bonds. The van der Waals surface area contributed by atoms with Gasteiger partial charge in [-0.3, -0.25) is 33.8 Å². The maximum atomic E-state index is 14.4. The molecule has 4 heterocycles. The van der Waals surface area contributed by atoms with E-state index in [1.54, 1.807) is 67.6 Å². The van der Waals surface area contributed by atoms with Gasteiger partial charge in [-0.1, -0.05) is 64.1 Å². The Kier molecular flexibility index (Phi) is 27.2. The van der Waals surface area contributed by atoms with E-state index in [2.05, 4.69) is 26.3 Å². The third-order valence-corrected chi connectivity index (χ3v) is 15.1. The van der Waals surface area contributed by atoms with Crippen LogP contribution in [0.25, 0.3) is 0 Å². The number of aliphatic hydroxyl groups excluding tert-OH is 1. The number of fused-ring (bicyclic) bond motifs is 4. The molecule has 4 aliphatic rings. The van der Waals surface area contributed by atoms with E-state index in [4.69, 9.17) is 42.6 Å². The van der Waals surface area contributed by atoms with Crippen LogP contribution >= 0.6 is 0 Å². The molecule has 0 bridgehead atoms. The van der Waals surface area contributed by atoms with E-state index in [9.17, 15) is 38.7 Å². The first kappa shape index (κ1) is 70.8. The van der Waals surface area contributed by atoms with Gasteiger partial charge in [-0.2, -0.15) is 0 Å². The Hall–Kier alpha value is -8.62. The van der Waals surface area contributed by atoms with E-state index < -0.39 is 54.1 Å². The number of nitrogens with zero attached hydrogens (tertiary/aromatic N) is 4. The third kappa shape index (κ3) is 19.7. The minimum atomic E-state index is -1.57. The van der Waals surface area contributed by atoms with Crippen LogP contribution in [0.1, 0.15) is 107 Å². The van der Waals surface area contributed by atoms with Gasteiger partial charge in [-0.05, 0) is 86.4 Å². The Morgan fingerprint density at radius 3 is 1.88 bits per heavy atom. The van der Waals surface area contributed by atoms with Crippen molar-refractivity contribution >= 4 is 64.8 Å². The summed E-state index contributed by atoms with van der Waals surface area (Å²) in [5.74, 6) is -1.06. The molecule has 3 aromatic rings. The number of hydrogen-bond donors (Lipinski definition) is 5. The van der Waals surface area contributed by atoms with Gasteiger partial charge < -0.3 is 78.8 Å². The van der Waals surface area contributed by atoms with Gasteiger partial charge in [0.05, 0.1) is 115 Å². The van der Waals surface area contributed by atoms with E-state index in [1.165, 1.54) is 38.2 Å². The number of amides is 7. The number of benzene rings is 3. The molecule has 0 aliphatic carbocycles. The molecule has 5 atom stereocenters. The lowest BCUT2D eigenvalue weighted by molar-refractivity contribution is -0.132. The Morgan fingerprint density at radius 1 is 0.674 bits per heavy atom. The van der Waals surface area contributed by atoms with Crippen molar-refractivity contribution in [3.63, 3.8) is 0 Å². The number of allylic oxidation sites excluding steroid dienone is 4. The zero-order valence-electron chi connectivity index (χ0n) is 54.0. The second kappa shape index (κ2) is 35.3. The van der Waals surface area contributed by atoms with Crippen molar-refractivity contribution in [3.05, 3.63) is 113 Å². The van der Waals surface area contributed by atoms with Crippen molar-refractivity contribution in [1.82, 2.24) is 25.8 Å². The molecule has 498 valence electrons. The molecule has 25 nitrogen and oxygen atoms in total. The van der Waals surface area contributed by atoms with Crippen LogP contribution in [0.5, 0.6) is 23.0 Å². The number of hydrogen-bond acceptors (Lipinski definition) is 18. The van der Waals surface area contributed by atoms with Crippen LogP contribution in [0.15, 0.2) is 101 Å². The van der Waals surface area contributed by atoms with Gasteiger partial charge in [0.1, 0.15) is 18.7 Å². The fourth-order valence-corrected chi connectivity index (χ4v) is 10.4. The summed E-state index contributed by atoms with van der Waals surface area (Å²) in [6.07, 6.45) is 12.0. The lowest BCUT2D eigenvalue weighted by Gasteiger charge is -2.31. The fraction of sp³-hybridized carbons (Fsp3) is 0.493. The van der Waals surface area contributed by atoms with Crippen molar-refractivity contribution in [1.29, 1.82) is 0 Å². The van der Waals surface area contributed by atoms with Crippen LogP contribution < -0.4 is 45.1 Å². The minimum Gasteiger partial charge on any atom is -0.493 e. The number of aliphatic imine (C=N–C) groups is 1. The maximum absolute atomic E-state index is 14.4. The Labute approximate surface area is 537 Å². The lowest BCUT2D eigenvalue weighted by atomic mass is 10.0. The van der Waals surface area contributed by atoms with Crippen LogP contribution in [0.2, 0.25) is 0 Å². The molecule has 25 heteroatoms. The molecule has 0 fully saturated rings. The predicted molar refractivity (Wildman–Crippen MR) is 343 cm³/mol. The first-order valence-corrected chi connectivity index (χ1v) is 31.1. The first-order valence-electron chi connectivity index (χ1n) is 31.1. The normalized spacial score (nSPS) is 17.3. The Bertz CT molecular complexity index is 3220. The van der Waals surface area contributed by atoms with Crippen molar-refractivity contribution in [2.24, 2.45) is 16.8 Å². The van der Waals surface area contributed by atoms with E-state index in [0.29, 0.717) is 105 Å². The average molecular weight is 1280 g/mol. The number of ether oxygens (including phenoxy) is 9. The zero-order valence-corrected chi connectivity index (χ0v) is 54.0. The highest BCUT2D eigenvalue weighted by atomic mass is 16.6. The molecule has 0 saturated carbocycles. The molecular weight excluding hydrogens is 1190 g/mol.